The lowest BCUT2D eigenvalue weighted by Gasteiger charge is -2.28. The summed E-state index contributed by atoms with van der Waals surface area (Å²) in [5.41, 5.74) is 8.08. The van der Waals surface area contributed by atoms with Crippen LogP contribution in [0.2, 0.25) is 0 Å². The van der Waals surface area contributed by atoms with Gasteiger partial charge < -0.3 is 0 Å². The molecule has 0 N–H and O–H groups in total. The molecule has 0 heterocycles. The highest BCUT2D eigenvalue weighted by molar-refractivity contribution is 7.39. The van der Waals surface area contributed by atoms with Gasteiger partial charge in [-0.25, -0.2) is 0 Å². The molecule has 1 aliphatic rings. The van der Waals surface area contributed by atoms with Crippen molar-refractivity contribution in [2.24, 2.45) is 0 Å². The van der Waals surface area contributed by atoms with Gasteiger partial charge in [0.15, 0.2) is 0 Å². The fraction of sp³-hybridized carbons (Fsp3) is 0.0952. The van der Waals surface area contributed by atoms with Crippen molar-refractivity contribution >= 4 is 14.5 Å². The Morgan fingerprint density at radius 3 is 2.23 bits per heavy atom. The molecule has 1 unspecified atom stereocenters. The molecule has 0 nitrogen and oxygen atoms in total. The topological polar surface area (TPSA) is 0 Å². The zero-order chi connectivity index (χ0) is 15.2. The highest BCUT2D eigenvalue weighted by Crippen LogP contribution is 2.57. The van der Waals surface area contributed by atoms with Gasteiger partial charge in [0, 0.05) is 0 Å². The lowest BCUT2D eigenvalue weighted by molar-refractivity contribution is 0.926. The Morgan fingerprint density at radius 2 is 1.45 bits per heavy atom. The Hall–Kier alpha value is -2.17. The minimum Gasteiger partial charge on any atom is -0.0909 e. The van der Waals surface area contributed by atoms with E-state index in [0.717, 1.165) is 8.20 Å². The average molecular weight is 300 g/mol. The normalized spacial score (nSPS) is 19.0. The zero-order valence-electron chi connectivity index (χ0n) is 12.6. The van der Waals surface area contributed by atoms with Gasteiger partial charge in [0.05, 0.1) is 5.16 Å². The van der Waals surface area contributed by atoms with Crippen LogP contribution in [0.5, 0.6) is 0 Å². The van der Waals surface area contributed by atoms with Crippen LogP contribution in [0.25, 0.3) is 11.1 Å². The van der Waals surface area contributed by atoms with E-state index < -0.39 is 0 Å². The first kappa shape index (κ1) is 13.5. The van der Waals surface area contributed by atoms with Gasteiger partial charge >= 0.3 is 0 Å². The monoisotopic (exact) mass is 300 g/mol. The Balaban J connectivity index is 2.15. The zero-order valence-corrected chi connectivity index (χ0v) is 13.5. The van der Waals surface area contributed by atoms with E-state index in [4.69, 9.17) is 0 Å². The van der Waals surface area contributed by atoms with E-state index in [-0.39, 0.29) is 5.16 Å². The molecule has 0 fully saturated rings. The Bertz CT molecular complexity index is 864. The number of benzene rings is 3. The Kier molecular flexibility index (Phi) is 3.03. The summed E-state index contributed by atoms with van der Waals surface area (Å²) in [5, 5.41) is -0.154. The molecule has 1 heteroatoms. The van der Waals surface area contributed by atoms with E-state index in [2.05, 4.69) is 86.0 Å². The SMILES string of the molecule is C=PC1(c2ccccc2)c2ccccc2-c2ccc(C)cc21. The molecular weight excluding hydrogens is 283 g/mol. The van der Waals surface area contributed by atoms with Crippen molar-refractivity contribution in [3.05, 3.63) is 95.1 Å². The molecule has 0 aliphatic heterocycles. The molecule has 0 spiro atoms. The highest BCUT2D eigenvalue weighted by Gasteiger charge is 2.42. The van der Waals surface area contributed by atoms with E-state index in [1.54, 1.807) is 0 Å². The van der Waals surface area contributed by atoms with Crippen LogP contribution in [0.15, 0.2) is 72.8 Å². The second-order valence-corrected chi connectivity index (χ2v) is 6.82. The molecule has 3 aromatic carbocycles. The van der Waals surface area contributed by atoms with Gasteiger partial charge in [-0.3, -0.25) is 0 Å². The van der Waals surface area contributed by atoms with E-state index in [1.807, 2.05) is 0 Å². The molecule has 0 radical (unpaired) electrons. The van der Waals surface area contributed by atoms with Crippen LogP contribution in [0.1, 0.15) is 22.3 Å². The summed E-state index contributed by atoms with van der Waals surface area (Å²) in [7, 11) is 1.11. The predicted octanol–water partition coefficient (Wildman–Crippen LogP) is 5.65. The van der Waals surface area contributed by atoms with Crippen LogP contribution in [0, 0.1) is 6.92 Å². The highest BCUT2D eigenvalue weighted by atomic mass is 31.1. The van der Waals surface area contributed by atoms with E-state index in [0.29, 0.717) is 0 Å². The van der Waals surface area contributed by atoms with Gasteiger partial charge in [-0.05, 0) is 34.7 Å². The molecule has 106 valence electrons. The van der Waals surface area contributed by atoms with Crippen molar-refractivity contribution in [2.45, 2.75) is 12.1 Å². The minimum atomic E-state index is -0.154. The van der Waals surface area contributed by atoms with Gasteiger partial charge in [0.1, 0.15) is 0 Å². The molecule has 1 atom stereocenters. The first-order valence-corrected chi connectivity index (χ1v) is 8.60. The van der Waals surface area contributed by atoms with Crippen molar-refractivity contribution in [1.29, 1.82) is 0 Å². The van der Waals surface area contributed by atoms with Crippen molar-refractivity contribution in [1.82, 2.24) is 0 Å². The Morgan fingerprint density at radius 1 is 0.773 bits per heavy atom. The predicted molar refractivity (Wildman–Crippen MR) is 97.0 cm³/mol. The largest absolute Gasteiger partial charge is 0.0909 e. The van der Waals surface area contributed by atoms with Crippen LogP contribution in [0.4, 0.5) is 0 Å². The van der Waals surface area contributed by atoms with E-state index in [9.17, 15) is 0 Å². The van der Waals surface area contributed by atoms with Crippen molar-refractivity contribution in [3.8, 4) is 11.1 Å². The summed E-state index contributed by atoms with van der Waals surface area (Å²) in [4.78, 5) is 0. The summed E-state index contributed by atoms with van der Waals surface area (Å²) in [6.45, 7) is 2.17. The fourth-order valence-corrected chi connectivity index (χ4v) is 4.68. The second kappa shape index (κ2) is 4.93. The van der Waals surface area contributed by atoms with Crippen LogP contribution in [0.3, 0.4) is 0 Å². The summed E-state index contributed by atoms with van der Waals surface area (Å²) < 4.78 is 0. The van der Waals surface area contributed by atoms with Gasteiger partial charge in [-0.2, -0.15) is 0 Å². The van der Waals surface area contributed by atoms with E-state index in [1.165, 1.54) is 33.4 Å². The standard InChI is InChI=1S/C21H17P/c1-15-12-13-18-17-10-6-7-11-19(17)21(22-2,20(18)14-15)16-8-4-3-5-9-16/h3-14H,2H2,1H3. The van der Waals surface area contributed by atoms with Crippen LogP contribution < -0.4 is 0 Å². The quantitative estimate of drug-likeness (QED) is 0.537. The molecule has 0 saturated carbocycles. The molecule has 0 amide bonds. The van der Waals surface area contributed by atoms with Gasteiger partial charge in [-0.15, -0.1) is 0 Å². The average Bonchev–Trinajstić information content (AvgIpc) is 2.86. The molecule has 4 rings (SSSR count). The lowest BCUT2D eigenvalue weighted by Crippen LogP contribution is -2.19. The molecule has 0 bridgehead atoms. The number of aryl methyl sites for hydroxylation is 1. The molecule has 1 aliphatic carbocycles. The maximum atomic E-state index is 4.32. The van der Waals surface area contributed by atoms with Gasteiger partial charge in [-0.1, -0.05) is 92.9 Å². The summed E-state index contributed by atoms with van der Waals surface area (Å²) in [6.07, 6.45) is 4.32. The maximum absolute atomic E-state index is 4.32. The number of rotatable bonds is 2. The summed E-state index contributed by atoms with van der Waals surface area (Å²) in [6, 6.07) is 26.3. The van der Waals surface area contributed by atoms with Crippen molar-refractivity contribution in [2.75, 3.05) is 0 Å². The fourth-order valence-electron chi connectivity index (χ4n) is 3.62. The van der Waals surface area contributed by atoms with Crippen molar-refractivity contribution < 1.29 is 0 Å². The first-order valence-electron chi connectivity index (χ1n) is 7.52. The molecule has 22 heavy (non-hydrogen) atoms. The van der Waals surface area contributed by atoms with Crippen LogP contribution in [-0.4, -0.2) is 6.30 Å². The maximum Gasteiger partial charge on any atom is 0.0875 e. The number of fused-ring (bicyclic) bond motifs is 3. The second-order valence-electron chi connectivity index (χ2n) is 5.83. The van der Waals surface area contributed by atoms with Gasteiger partial charge in [0.25, 0.3) is 0 Å². The van der Waals surface area contributed by atoms with Crippen molar-refractivity contribution in [3.63, 3.8) is 0 Å². The summed E-state index contributed by atoms with van der Waals surface area (Å²) >= 11 is 0. The molecule has 3 aromatic rings. The number of hydrogen-bond donors (Lipinski definition) is 0. The smallest absolute Gasteiger partial charge is 0.0875 e. The lowest BCUT2D eigenvalue weighted by atomic mass is 9.87. The Labute approximate surface area is 133 Å². The van der Waals surface area contributed by atoms with E-state index >= 15 is 0 Å². The molecule has 0 aromatic heterocycles. The van der Waals surface area contributed by atoms with Gasteiger partial charge in [0.2, 0.25) is 0 Å². The first-order chi connectivity index (χ1) is 10.8. The minimum absolute atomic E-state index is 0.154. The third-order valence-corrected chi connectivity index (χ3v) is 5.81. The third-order valence-electron chi connectivity index (χ3n) is 4.60. The number of hydrogen-bond acceptors (Lipinski definition) is 0. The van der Waals surface area contributed by atoms with Crippen LogP contribution in [-0.2, 0) is 5.16 Å². The third kappa shape index (κ3) is 1.68. The molecule has 0 saturated heterocycles. The summed E-state index contributed by atoms with van der Waals surface area (Å²) in [5.74, 6) is 0. The van der Waals surface area contributed by atoms with Crippen LogP contribution >= 0.6 is 8.20 Å². The molecular formula is C21H17P.